The standard InChI is InChI=1S/C22H22FN3O4/c23-17-7-5-15(6-8-17)19-14-26-21(30-19)10-9-20(28)24-11-2-12-25-22(29)16-3-1-4-18(27)13-16/h1,3-8,13-14,27H,2,9-12H2,(H,24,28)(H,25,29). The lowest BCUT2D eigenvalue weighted by Crippen LogP contribution is -2.30. The summed E-state index contributed by atoms with van der Waals surface area (Å²) in [6, 6.07) is 12.0. The molecule has 7 nitrogen and oxygen atoms in total. The van der Waals surface area contributed by atoms with Gasteiger partial charge < -0.3 is 20.2 Å². The second-order valence-electron chi connectivity index (χ2n) is 6.63. The van der Waals surface area contributed by atoms with Crippen molar-refractivity contribution in [1.82, 2.24) is 15.6 Å². The molecule has 30 heavy (non-hydrogen) atoms. The number of oxazole rings is 1. The summed E-state index contributed by atoms with van der Waals surface area (Å²) in [7, 11) is 0. The van der Waals surface area contributed by atoms with Crippen molar-refractivity contribution in [3.8, 4) is 17.1 Å². The van der Waals surface area contributed by atoms with E-state index in [4.69, 9.17) is 4.42 Å². The molecular formula is C22H22FN3O4. The molecule has 3 rings (SSSR count). The number of aromatic hydroxyl groups is 1. The van der Waals surface area contributed by atoms with Crippen LogP contribution in [0.4, 0.5) is 4.39 Å². The summed E-state index contributed by atoms with van der Waals surface area (Å²) < 4.78 is 18.6. The third kappa shape index (κ3) is 6.16. The highest BCUT2D eigenvalue weighted by molar-refractivity contribution is 5.94. The average Bonchev–Trinajstić information content (AvgIpc) is 3.21. The van der Waals surface area contributed by atoms with Gasteiger partial charge in [0.15, 0.2) is 11.7 Å². The first-order valence-corrected chi connectivity index (χ1v) is 9.56. The number of phenolic OH excluding ortho intramolecular Hbond substituents is 1. The number of nitrogens with zero attached hydrogens (tertiary/aromatic N) is 1. The summed E-state index contributed by atoms with van der Waals surface area (Å²) in [5.74, 6) is 0.240. The Morgan fingerprint density at radius 3 is 2.60 bits per heavy atom. The fourth-order valence-electron chi connectivity index (χ4n) is 2.75. The van der Waals surface area contributed by atoms with E-state index in [-0.39, 0.29) is 29.8 Å². The second kappa shape index (κ2) is 10.2. The fraction of sp³-hybridized carbons (Fsp3) is 0.227. The number of phenols is 1. The molecule has 0 aliphatic carbocycles. The van der Waals surface area contributed by atoms with E-state index in [1.54, 1.807) is 30.5 Å². The molecule has 0 spiro atoms. The first kappa shape index (κ1) is 21.0. The number of aryl methyl sites for hydroxylation is 1. The number of hydrogen-bond donors (Lipinski definition) is 3. The normalized spacial score (nSPS) is 10.6. The van der Waals surface area contributed by atoms with Gasteiger partial charge in [0.2, 0.25) is 5.91 Å². The van der Waals surface area contributed by atoms with Gasteiger partial charge in [0.25, 0.3) is 5.91 Å². The largest absolute Gasteiger partial charge is 0.508 e. The Kier molecular flexibility index (Phi) is 7.15. The maximum Gasteiger partial charge on any atom is 0.251 e. The number of aromatic nitrogens is 1. The highest BCUT2D eigenvalue weighted by atomic mass is 19.1. The van der Waals surface area contributed by atoms with Gasteiger partial charge in [-0.25, -0.2) is 9.37 Å². The van der Waals surface area contributed by atoms with Gasteiger partial charge in [-0.15, -0.1) is 0 Å². The van der Waals surface area contributed by atoms with Crippen molar-refractivity contribution in [1.29, 1.82) is 0 Å². The zero-order valence-electron chi connectivity index (χ0n) is 16.2. The third-order valence-electron chi connectivity index (χ3n) is 4.32. The van der Waals surface area contributed by atoms with Crippen LogP contribution < -0.4 is 10.6 Å². The minimum Gasteiger partial charge on any atom is -0.508 e. The Morgan fingerprint density at radius 2 is 1.83 bits per heavy atom. The van der Waals surface area contributed by atoms with Crippen LogP contribution in [0.1, 0.15) is 29.1 Å². The van der Waals surface area contributed by atoms with Crippen molar-refractivity contribution in [2.24, 2.45) is 0 Å². The number of carbonyl (C=O) groups excluding carboxylic acids is 2. The number of hydrogen-bond acceptors (Lipinski definition) is 5. The first-order chi connectivity index (χ1) is 14.5. The lowest BCUT2D eigenvalue weighted by Gasteiger charge is -2.07. The Bertz CT molecular complexity index is 1000. The maximum atomic E-state index is 13.0. The molecule has 1 heterocycles. The van der Waals surface area contributed by atoms with Crippen LogP contribution in [0.2, 0.25) is 0 Å². The van der Waals surface area contributed by atoms with Crippen molar-refractivity contribution in [3.05, 3.63) is 72.0 Å². The minimum atomic E-state index is -0.325. The van der Waals surface area contributed by atoms with Crippen molar-refractivity contribution < 1.29 is 23.5 Å². The van der Waals surface area contributed by atoms with Gasteiger partial charge in [-0.05, 0) is 48.9 Å². The van der Waals surface area contributed by atoms with E-state index < -0.39 is 0 Å². The number of halogens is 1. The van der Waals surface area contributed by atoms with E-state index in [0.29, 0.717) is 48.7 Å². The molecule has 0 saturated carbocycles. The Balaban J connectivity index is 1.32. The quantitative estimate of drug-likeness (QED) is 0.470. The second-order valence-corrected chi connectivity index (χ2v) is 6.63. The Morgan fingerprint density at radius 1 is 1.07 bits per heavy atom. The fourth-order valence-corrected chi connectivity index (χ4v) is 2.75. The van der Waals surface area contributed by atoms with Gasteiger partial charge in [-0.3, -0.25) is 9.59 Å². The van der Waals surface area contributed by atoms with E-state index in [1.165, 1.54) is 24.3 Å². The number of rotatable bonds is 9. The third-order valence-corrected chi connectivity index (χ3v) is 4.32. The molecule has 3 aromatic rings. The van der Waals surface area contributed by atoms with Crippen LogP contribution in [0.5, 0.6) is 5.75 Å². The lowest BCUT2D eigenvalue weighted by atomic mass is 10.2. The number of carbonyl (C=O) groups is 2. The van der Waals surface area contributed by atoms with Crippen LogP contribution in [0.3, 0.4) is 0 Å². The summed E-state index contributed by atoms with van der Waals surface area (Å²) in [6.07, 6.45) is 2.69. The van der Waals surface area contributed by atoms with E-state index in [2.05, 4.69) is 15.6 Å². The number of nitrogens with one attached hydrogen (secondary N) is 2. The van der Waals surface area contributed by atoms with Crippen molar-refractivity contribution in [2.75, 3.05) is 13.1 Å². The molecule has 0 radical (unpaired) electrons. The Labute approximate surface area is 172 Å². The van der Waals surface area contributed by atoms with Crippen LogP contribution in [0, 0.1) is 5.82 Å². The van der Waals surface area contributed by atoms with Gasteiger partial charge in [-0.1, -0.05) is 6.07 Å². The minimum absolute atomic E-state index is 0.0331. The van der Waals surface area contributed by atoms with Gasteiger partial charge >= 0.3 is 0 Å². The molecule has 156 valence electrons. The van der Waals surface area contributed by atoms with E-state index in [1.807, 2.05) is 0 Å². The van der Waals surface area contributed by atoms with Gasteiger partial charge in [0.1, 0.15) is 11.6 Å². The van der Waals surface area contributed by atoms with E-state index in [0.717, 1.165) is 0 Å². The molecule has 0 bridgehead atoms. The summed E-state index contributed by atoms with van der Waals surface area (Å²) in [5, 5.41) is 14.9. The smallest absolute Gasteiger partial charge is 0.251 e. The molecule has 1 aromatic heterocycles. The van der Waals surface area contributed by atoms with Crippen molar-refractivity contribution in [2.45, 2.75) is 19.3 Å². The van der Waals surface area contributed by atoms with Crippen LogP contribution in [0.25, 0.3) is 11.3 Å². The topological polar surface area (TPSA) is 104 Å². The van der Waals surface area contributed by atoms with Crippen LogP contribution in [-0.2, 0) is 11.2 Å². The van der Waals surface area contributed by atoms with E-state index in [9.17, 15) is 19.1 Å². The molecule has 0 aliphatic heterocycles. The average molecular weight is 411 g/mol. The summed E-state index contributed by atoms with van der Waals surface area (Å²) >= 11 is 0. The predicted molar refractivity (Wildman–Crippen MR) is 108 cm³/mol. The van der Waals surface area contributed by atoms with Crippen LogP contribution in [0.15, 0.2) is 59.1 Å². The van der Waals surface area contributed by atoms with Crippen LogP contribution >= 0.6 is 0 Å². The molecule has 8 heteroatoms. The van der Waals surface area contributed by atoms with Gasteiger partial charge in [0.05, 0.1) is 6.20 Å². The molecule has 2 amide bonds. The summed E-state index contributed by atoms with van der Waals surface area (Å²) in [5.41, 5.74) is 1.09. The maximum absolute atomic E-state index is 13.0. The van der Waals surface area contributed by atoms with E-state index >= 15 is 0 Å². The first-order valence-electron chi connectivity index (χ1n) is 9.56. The van der Waals surface area contributed by atoms with Gasteiger partial charge in [0, 0.05) is 37.1 Å². The monoisotopic (exact) mass is 411 g/mol. The molecule has 0 saturated heterocycles. The highest BCUT2D eigenvalue weighted by Crippen LogP contribution is 2.21. The number of amides is 2. The molecule has 0 aliphatic rings. The molecular weight excluding hydrogens is 389 g/mol. The predicted octanol–water partition coefficient (Wildman–Crippen LogP) is 3.06. The Hall–Kier alpha value is -3.68. The molecule has 2 aromatic carbocycles. The van der Waals surface area contributed by atoms with Crippen LogP contribution in [-0.4, -0.2) is 35.0 Å². The number of benzene rings is 2. The molecule has 3 N–H and O–H groups in total. The van der Waals surface area contributed by atoms with Crippen molar-refractivity contribution in [3.63, 3.8) is 0 Å². The molecule has 0 unspecified atom stereocenters. The lowest BCUT2D eigenvalue weighted by molar-refractivity contribution is -0.121. The molecule has 0 atom stereocenters. The zero-order chi connectivity index (χ0) is 21.3. The summed E-state index contributed by atoms with van der Waals surface area (Å²) in [6.45, 7) is 0.821. The van der Waals surface area contributed by atoms with Gasteiger partial charge in [-0.2, -0.15) is 0 Å². The van der Waals surface area contributed by atoms with Crippen molar-refractivity contribution >= 4 is 11.8 Å². The SMILES string of the molecule is O=C(CCc1ncc(-c2ccc(F)cc2)o1)NCCCNC(=O)c1cccc(O)c1. The summed E-state index contributed by atoms with van der Waals surface area (Å²) in [4.78, 5) is 28.0. The molecule has 0 fully saturated rings. The zero-order valence-corrected chi connectivity index (χ0v) is 16.2. The highest BCUT2D eigenvalue weighted by Gasteiger charge is 2.09.